The van der Waals surface area contributed by atoms with E-state index in [0.29, 0.717) is 0 Å². The molecule has 0 amide bonds. The first-order valence-corrected chi connectivity index (χ1v) is 6.01. The maximum Gasteiger partial charge on any atom is 0.137 e. The molecule has 2 nitrogen and oxygen atoms in total. The number of hydrogen-bond acceptors (Lipinski definition) is 2. The summed E-state index contributed by atoms with van der Waals surface area (Å²) >= 11 is 3.52. The Hall–Kier alpha value is -0.540. The summed E-state index contributed by atoms with van der Waals surface area (Å²) in [6.07, 6.45) is 1.22. The van der Waals surface area contributed by atoms with Crippen molar-refractivity contribution in [1.29, 1.82) is 0 Å². The largest absolute Gasteiger partial charge is 0.489 e. The third-order valence-electron chi connectivity index (χ3n) is 2.81. The van der Waals surface area contributed by atoms with Crippen LogP contribution in [0.5, 0.6) is 5.75 Å². The number of ether oxygens (including phenoxy) is 1. The molecule has 2 unspecified atom stereocenters. The van der Waals surface area contributed by atoms with Crippen LogP contribution in [0.15, 0.2) is 16.6 Å². The van der Waals surface area contributed by atoms with Gasteiger partial charge in [0.1, 0.15) is 11.9 Å². The Kier molecular flexibility index (Phi) is 3.03. The second kappa shape index (κ2) is 4.14. The van der Waals surface area contributed by atoms with E-state index in [1.165, 1.54) is 11.1 Å². The van der Waals surface area contributed by atoms with Gasteiger partial charge in [-0.25, -0.2) is 0 Å². The number of hydrogen-bond donors (Lipinski definition) is 1. The van der Waals surface area contributed by atoms with Gasteiger partial charge in [0.2, 0.25) is 0 Å². The quantitative estimate of drug-likeness (QED) is 0.896. The highest BCUT2D eigenvalue weighted by atomic mass is 79.9. The van der Waals surface area contributed by atoms with E-state index in [2.05, 4.69) is 28.9 Å². The lowest BCUT2D eigenvalue weighted by Gasteiger charge is -2.11. The van der Waals surface area contributed by atoms with Crippen LogP contribution in [0.4, 0.5) is 0 Å². The number of halogens is 1. The van der Waals surface area contributed by atoms with Gasteiger partial charge in [0.05, 0.1) is 4.47 Å². The molecule has 1 heterocycles. The van der Waals surface area contributed by atoms with Crippen LogP contribution < -0.4 is 4.74 Å². The first-order valence-electron chi connectivity index (χ1n) is 5.21. The molecular weight excluding hydrogens is 256 g/mol. The molecule has 1 aliphatic rings. The van der Waals surface area contributed by atoms with Crippen LogP contribution in [-0.2, 0) is 6.42 Å². The highest BCUT2D eigenvalue weighted by molar-refractivity contribution is 9.10. The minimum atomic E-state index is 0.182. The monoisotopic (exact) mass is 270 g/mol. The summed E-state index contributed by atoms with van der Waals surface area (Å²) in [6.45, 7) is 4.27. The van der Waals surface area contributed by atoms with Gasteiger partial charge in [-0.15, -0.1) is 0 Å². The van der Waals surface area contributed by atoms with Crippen molar-refractivity contribution >= 4 is 15.9 Å². The Morgan fingerprint density at radius 2 is 2.33 bits per heavy atom. The molecule has 0 saturated heterocycles. The van der Waals surface area contributed by atoms with Crippen LogP contribution in [0.2, 0.25) is 0 Å². The van der Waals surface area contributed by atoms with Gasteiger partial charge in [0, 0.05) is 18.9 Å². The second-order valence-electron chi connectivity index (χ2n) is 4.21. The van der Waals surface area contributed by atoms with Crippen molar-refractivity contribution in [1.82, 2.24) is 0 Å². The fourth-order valence-electron chi connectivity index (χ4n) is 1.90. The maximum absolute atomic E-state index is 9.13. The van der Waals surface area contributed by atoms with Gasteiger partial charge in [-0.3, -0.25) is 0 Å². The van der Waals surface area contributed by atoms with E-state index >= 15 is 0 Å². The third-order valence-corrected chi connectivity index (χ3v) is 3.40. The summed E-state index contributed by atoms with van der Waals surface area (Å²) in [6, 6.07) is 4.18. The number of rotatable bonds is 2. The van der Waals surface area contributed by atoms with Gasteiger partial charge in [0.15, 0.2) is 0 Å². The molecule has 82 valence electrons. The van der Waals surface area contributed by atoms with Gasteiger partial charge >= 0.3 is 0 Å². The van der Waals surface area contributed by atoms with Crippen molar-refractivity contribution in [2.45, 2.75) is 32.3 Å². The molecule has 0 fully saturated rings. The van der Waals surface area contributed by atoms with Gasteiger partial charge in [-0.05, 0) is 40.0 Å². The molecule has 0 saturated carbocycles. The minimum absolute atomic E-state index is 0.182. The molecular formula is C12H15BrO2. The van der Waals surface area contributed by atoms with Crippen LogP contribution in [0.3, 0.4) is 0 Å². The number of aliphatic hydroxyl groups excluding tert-OH is 1. The van der Waals surface area contributed by atoms with E-state index in [-0.39, 0.29) is 18.6 Å². The van der Waals surface area contributed by atoms with Crippen molar-refractivity contribution in [2.24, 2.45) is 0 Å². The molecule has 2 atom stereocenters. The molecule has 0 bridgehead atoms. The molecule has 0 radical (unpaired) electrons. The Labute approximate surface area is 98.4 Å². The van der Waals surface area contributed by atoms with Crippen molar-refractivity contribution in [3.05, 3.63) is 27.7 Å². The van der Waals surface area contributed by atoms with Crippen LogP contribution in [0.1, 0.15) is 30.9 Å². The number of fused-ring (bicyclic) bond motifs is 1. The lowest BCUT2D eigenvalue weighted by atomic mass is 9.98. The number of benzene rings is 1. The molecule has 2 rings (SSSR count). The average molecular weight is 271 g/mol. The fraction of sp³-hybridized carbons (Fsp3) is 0.500. The minimum Gasteiger partial charge on any atom is -0.489 e. The normalized spacial score (nSPS) is 20.9. The van der Waals surface area contributed by atoms with E-state index in [9.17, 15) is 0 Å². The van der Waals surface area contributed by atoms with E-state index in [0.717, 1.165) is 16.6 Å². The summed E-state index contributed by atoms with van der Waals surface area (Å²) in [5, 5.41) is 9.13. The summed E-state index contributed by atoms with van der Waals surface area (Å²) in [5.41, 5.74) is 2.41. The van der Waals surface area contributed by atoms with E-state index in [1.54, 1.807) is 0 Å². The smallest absolute Gasteiger partial charge is 0.137 e. The zero-order valence-electron chi connectivity index (χ0n) is 8.96. The van der Waals surface area contributed by atoms with Crippen molar-refractivity contribution in [3.8, 4) is 5.75 Å². The van der Waals surface area contributed by atoms with E-state index < -0.39 is 0 Å². The topological polar surface area (TPSA) is 29.5 Å². The molecule has 3 heteroatoms. The Morgan fingerprint density at radius 1 is 1.60 bits per heavy atom. The van der Waals surface area contributed by atoms with Crippen LogP contribution in [-0.4, -0.2) is 17.8 Å². The average Bonchev–Trinajstić information content (AvgIpc) is 2.58. The van der Waals surface area contributed by atoms with E-state index in [4.69, 9.17) is 9.84 Å². The van der Waals surface area contributed by atoms with Crippen molar-refractivity contribution < 1.29 is 9.84 Å². The molecule has 0 spiro atoms. The Morgan fingerprint density at radius 3 is 3.00 bits per heavy atom. The van der Waals surface area contributed by atoms with Gasteiger partial charge in [-0.1, -0.05) is 13.0 Å². The lowest BCUT2D eigenvalue weighted by Crippen LogP contribution is -2.05. The van der Waals surface area contributed by atoms with Crippen molar-refractivity contribution in [2.75, 3.05) is 6.61 Å². The molecule has 1 N–H and O–H groups in total. The first-order chi connectivity index (χ1) is 7.11. The molecule has 15 heavy (non-hydrogen) atoms. The SMILES string of the molecule is CC1Cc2cc(C(C)CO)cc(Br)c2O1. The standard InChI is InChI=1S/C12H15BrO2/c1-7(6-14)9-4-10-3-8(2)15-12(10)11(13)5-9/h4-5,7-8,14H,3,6H2,1-2H3. The molecule has 1 aromatic rings. The molecule has 1 aromatic carbocycles. The predicted octanol–water partition coefficient (Wildman–Crippen LogP) is 2.87. The highest BCUT2D eigenvalue weighted by Crippen LogP contribution is 2.38. The Balaban J connectivity index is 2.40. The lowest BCUT2D eigenvalue weighted by molar-refractivity contribution is 0.253. The molecule has 0 aromatic heterocycles. The van der Waals surface area contributed by atoms with Gasteiger partial charge < -0.3 is 9.84 Å². The second-order valence-corrected chi connectivity index (χ2v) is 5.06. The zero-order valence-corrected chi connectivity index (χ0v) is 10.5. The summed E-state index contributed by atoms with van der Waals surface area (Å²) in [7, 11) is 0. The van der Waals surface area contributed by atoms with Gasteiger partial charge in [0.25, 0.3) is 0 Å². The highest BCUT2D eigenvalue weighted by Gasteiger charge is 2.23. The van der Waals surface area contributed by atoms with Gasteiger partial charge in [-0.2, -0.15) is 0 Å². The zero-order chi connectivity index (χ0) is 11.0. The Bertz CT molecular complexity index is 376. The van der Waals surface area contributed by atoms with Crippen LogP contribution in [0, 0.1) is 0 Å². The molecule has 1 aliphatic heterocycles. The maximum atomic E-state index is 9.13. The fourth-order valence-corrected chi connectivity index (χ4v) is 2.51. The number of aliphatic hydroxyl groups is 1. The summed E-state index contributed by atoms with van der Waals surface area (Å²) < 4.78 is 6.70. The van der Waals surface area contributed by atoms with Crippen molar-refractivity contribution in [3.63, 3.8) is 0 Å². The predicted molar refractivity (Wildman–Crippen MR) is 63.4 cm³/mol. The van der Waals surface area contributed by atoms with E-state index in [1.807, 2.05) is 13.0 Å². The first kappa shape index (κ1) is 11.0. The van der Waals surface area contributed by atoms with Crippen LogP contribution >= 0.6 is 15.9 Å². The van der Waals surface area contributed by atoms with Crippen LogP contribution in [0.25, 0.3) is 0 Å². The summed E-state index contributed by atoms with van der Waals surface area (Å²) in [4.78, 5) is 0. The third kappa shape index (κ3) is 2.04. The summed E-state index contributed by atoms with van der Waals surface area (Å²) in [5.74, 6) is 1.15. The molecule has 0 aliphatic carbocycles.